The van der Waals surface area contributed by atoms with Crippen molar-refractivity contribution >= 4 is 5.91 Å². The number of hydrogen-bond acceptors (Lipinski definition) is 3. The van der Waals surface area contributed by atoms with Crippen molar-refractivity contribution in [3.05, 3.63) is 35.4 Å². The van der Waals surface area contributed by atoms with E-state index in [1.807, 2.05) is 0 Å². The highest BCUT2D eigenvalue weighted by Gasteiger charge is 2.29. The van der Waals surface area contributed by atoms with Crippen LogP contribution in [0.2, 0.25) is 0 Å². The summed E-state index contributed by atoms with van der Waals surface area (Å²) in [6.45, 7) is 6.70. The highest BCUT2D eigenvalue weighted by atomic mass is 19.1. The van der Waals surface area contributed by atoms with Crippen LogP contribution in [0.4, 0.5) is 8.78 Å². The lowest BCUT2D eigenvalue weighted by Gasteiger charge is -2.35. The molecule has 2 rings (SSSR count). The average Bonchev–Trinajstić information content (AvgIpc) is 2.46. The predicted octanol–water partition coefficient (Wildman–Crippen LogP) is 1.94. The summed E-state index contributed by atoms with van der Waals surface area (Å²) in [6, 6.07) is 2.98. The summed E-state index contributed by atoms with van der Waals surface area (Å²) in [6.07, 6.45) is 0. The fraction of sp³-hybridized carbons (Fsp3) is 0.562. The first-order chi connectivity index (χ1) is 10.5. The van der Waals surface area contributed by atoms with Crippen LogP contribution in [0.5, 0.6) is 0 Å². The Kier molecular flexibility index (Phi) is 5.85. The third-order valence-corrected chi connectivity index (χ3v) is 3.61. The van der Waals surface area contributed by atoms with Gasteiger partial charge >= 0.3 is 0 Å². The molecule has 0 bridgehead atoms. The lowest BCUT2D eigenvalue weighted by atomic mass is 10.1. The molecule has 4 nitrogen and oxygen atoms in total. The number of morpholine rings is 1. The average molecular weight is 312 g/mol. The number of nitrogens with one attached hydrogen (secondary N) is 1. The van der Waals surface area contributed by atoms with Crippen molar-refractivity contribution in [1.29, 1.82) is 0 Å². The molecule has 22 heavy (non-hydrogen) atoms. The van der Waals surface area contributed by atoms with Gasteiger partial charge < -0.3 is 10.1 Å². The Labute approximate surface area is 129 Å². The molecule has 0 unspecified atom stereocenters. The molecule has 1 saturated heterocycles. The SMILES string of the molecule is CC(C)CN1CCOC[C@@H]1C(=O)NCc1ccc(F)cc1F. The van der Waals surface area contributed by atoms with Gasteiger partial charge in [0.2, 0.25) is 5.91 Å². The topological polar surface area (TPSA) is 41.6 Å². The zero-order valence-electron chi connectivity index (χ0n) is 12.9. The molecule has 1 aromatic rings. The van der Waals surface area contributed by atoms with Crippen LogP contribution in [0, 0.1) is 17.6 Å². The van der Waals surface area contributed by atoms with Crippen LogP contribution >= 0.6 is 0 Å². The summed E-state index contributed by atoms with van der Waals surface area (Å²) in [5, 5.41) is 2.71. The van der Waals surface area contributed by atoms with E-state index in [0.717, 1.165) is 12.6 Å². The van der Waals surface area contributed by atoms with Crippen molar-refractivity contribution in [3.8, 4) is 0 Å². The molecule has 6 heteroatoms. The van der Waals surface area contributed by atoms with Crippen LogP contribution in [0.3, 0.4) is 0 Å². The molecule has 122 valence electrons. The summed E-state index contributed by atoms with van der Waals surface area (Å²) in [5.74, 6) is -1.03. The Morgan fingerprint density at radius 2 is 2.23 bits per heavy atom. The molecule has 1 aliphatic rings. The molecule has 1 heterocycles. The summed E-state index contributed by atoms with van der Waals surface area (Å²) < 4.78 is 31.8. The fourth-order valence-electron chi connectivity index (χ4n) is 2.53. The number of rotatable bonds is 5. The largest absolute Gasteiger partial charge is 0.378 e. The minimum absolute atomic E-state index is 0.0387. The van der Waals surface area contributed by atoms with Gasteiger partial charge in [0.15, 0.2) is 0 Å². The summed E-state index contributed by atoms with van der Waals surface area (Å²) in [7, 11) is 0. The van der Waals surface area contributed by atoms with Gasteiger partial charge in [0.05, 0.1) is 13.2 Å². The maximum absolute atomic E-state index is 13.6. The third kappa shape index (κ3) is 4.48. The summed E-state index contributed by atoms with van der Waals surface area (Å²) in [4.78, 5) is 14.4. The number of nitrogens with zero attached hydrogens (tertiary/aromatic N) is 1. The molecule has 1 aliphatic heterocycles. The van der Waals surface area contributed by atoms with Crippen molar-refractivity contribution in [2.75, 3.05) is 26.3 Å². The Hall–Kier alpha value is -1.53. The Balaban J connectivity index is 1.95. The number of halogens is 2. The maximum atomic E-state index is 13.6. The third-order valence-electron chi connectivity index (χ3n) is 3.61. The molecule has 0 saturated carbocycles. The highest BCUT2D eigenvalue weighted by molar-refractivity contribution is 5.82. The molecule has 0 aromatic heterocycles. The summed E-state index contributed by atoms with van der Waals surface area (Å²) >= 11 is 0. The van der Waals surface area contributed by atoms with Gasteiger partial charge in [0, 0.05) is 31.3 Å². The molecule has 0 radical (unpaired) electrons. The Morgan fingerprint density at radius 3 is 2.91 bits per heavy atom. The van der Waals surface area contributed by atoms with Crippen LogP contribution < -0.4 is 5.32 Å². The molecule has 1 amide bonds. The van der Waals surface area contributed by atoms with Crippen molar-refractivity contribution in [2.45, 2.75) is 26.4 Å². The van der Waals surface area contributed by atoms with E-state index in [2.05, 4.69) is 24.1 Å². The van der Waals surface area contributed by atoms with Crippen LogP contribution in [0.25, 0.3) is 0 Å². The number of carbonyl (C=O) groups is 1. The predicted molar refractivity (Wildman–Crippen MR) is 79.2 cm³/mol. The van der Waals surface area contributed by atoms with Crippen molar-refractivity contribution < 1.29 is 18.3 Å². The molecular weight excluding hydrogens is 290 g/mol. The second-order valence-corrected chi connectivity index (χ2v) is 5.93. The number of carbonyl (C=O) groups excluding carboxylic acids is 1. The quantitative estimate of drug-likeness (QED) is 0.903. The van der Waals surface area contributed by atoms with Crippen LogP contribution in [0.1, 0.15) is 19.4 Å². The van der Waals surface area contributed by atoms with Gasteiger partial charge in [-0.15, -0.1) is 0 Å². The number of hydrogen-bond donors (Lipinski definition) is 1. The first kappa shape index (κ1) is 16.8. The van der Waals surface area contributed by atoms with E-state index in [1.54, 1.807) is 0 Å². The van der Waals surface area contributed by atoms with Gasteiger partial charge in [-0.05, 0) is 12.0 Å². The molecular formula is C16H22F2N2O2. The summed E-state index contributed by atoms with van der Waals surface area (Å²) in [5.41, 5.74) is 0.266. The van der Waals surface area contributed by atoms with Crippen LogP contribution in [-0.2, 0) is 16.1 Å². The normalized spacial score (nSPS) is 19.4. The van der Waals surface area contributed by atoms with Gasteiger partial charge in [-0.2, -0.15) is 0 Å². The molecule has 0 aliphatic carbocycles. The van der Waals surface area contributed by atoms with Crippen molar-refractivity contribution in [1.82, 2.24) is 10.2 Å². The zero-order valence-corrected chi connectivity index (χ0v) is 12.9. The monoisotopic (exact) mass is 312 g/mol. The van der Waals surface area contributed by atoms with E-state index in [4.69, 9.17) is 4.74 Å². The maximum Gasteiger partial charge on any atom is 0.240 e. The van der Waals surface area contributed by atoms with Crippen LogP contribution in [0.15, 0.2) is 18.2 Å². The van der Waals surface area contributed by atoms with E-state index < -0.39 is 11.6 Å². The van der Waals surface area contributed by atoms with Gasteiger partial charge in [-0.1, -0.05) is 19.9 Å². The highest BCUT2D eigenvalue weighted by Crippen LogP contribution is 2.12. The van der Waals surface area contributed by atoms with E-state index >= 15 is 0 Å². The molecule has 1 aromatic carbocycles. The van der Waals surface area contributed by atoms with Gasteiger partial charge in [-0.25, -0.2) is 8.78 Å². The van der Waals surface area contributed by atoms with Crippen molar-refractivity contribution in [3.63, 3.8) is 0 Å². The lowest BCUT2D eigenvalue weighted by Crippen LogP contribution is -2.54. The standard InChI is InChI=1S/C16H22F2N2O2/c1-11(2)9-20-5-6-22-10-15(20)16(21)19-8-12-3-4-13(17)7-14(12)18/h3-4,7,11,15H,5-6,8-10H2,1-2H3,(H,19,21)/t15-/m1/s1. The zero-order chi connectivity index (χ0) is 16.1. The first-order valence-electron chi connectivity index (χ1n) is 7.51. The second kappa shape index (κ2) is 7.65. The molecule has 1 fully saturated rings. The molecule has 0 spiro atoms. The smallest absolute Gasteiger partial charge is 0.240 e. The molecule has 1 atom stereocenters. The number of benzene rings is 1. The molecule has 1 N–H and O–H groups in total. The Morgan fingerprint density at radius 1 is 1.45 bits per heavy atom. The van der Waals surface area contributed by atoms with Gasteiger partial charge in [0.25, 0.3) is 0 Å². The van der Waals surface area contributed by atoms with Crippen molar-refractivity contribution in [2.24, 2.45) is 5.92 Å². The van der Waals surface area contributed by atoms with Gasteiger partial charge in [0.1, 0.15) is 17.7 Å². The first-order valence-corrected chi connectivity index (χ1v) is 7.51. The van der Waals surface area contributed by atoms with E-state index in [0.29, 0.717) is 25.7 Å². The minimum Gasteiger partial charge on any atom is -0.378 e. The minimum atomic E-state index is -0.653. The fourth-order valence-corrected chi connectivity index (χ4v) is 2.53. The van der Waals surface area contributed by atoms with Gasteiger partial charge in [-0.3, -0.25) is 9.69 Å². The number of ether oxygens (including phenoxy) is 1. The van der Waals surface area contributed by atoms with E-state index in [-0.39, 0.29) is 24.1 Å². The number of amides is 1. The van der Waals surface area contributed by atoms with E-state index in [1.165, 1.54) is 12.1 Å². The lowest BCUT2D eigenvalue weighted by molar-refractivity contribution is -0.133. The van der Waals surface area contributed by atoms with Crippen LogP contribution in [-0.4, -0.2) is 43.2 Å². The Bertz CT molecular complexity index is 523. The van der Waals surface area contributed by atoms with E-state index in [9.17, 15) is 13.6 Å². The second-order valence-electron chi connectivity index (χ2n) is 5.93.